The third kappa shape index (κ3) is 13.7. The van der Waals surface area contributed by atoms with Crippen molar-refractivity contribution in [2.24, 2.45) is 0 Å². The Bertz CT molecular complexity index is 2020. The van der Waals surface area contributed by atoms with Gasteiger partial charge in [0.15, 0.2) is 37.0 Å². The lowest BCUT2D eigenvalue weighted by Crippen LogP contribution is -2.70. The van der Waals surface area contributed by atoms with Gasteiger partial charge in [-0.2, -0.15) is 8.42 Å². The quantitative estimate of drug-likeness (QED) is 0.0448. The van der Waals surface area contributed by atoms with E-state index in [4.69, 9.17) is 47.4 Å². The van der Waals surface area contributed by atoms with Crippen LogP contribution in [0.3, 0.4) is 0 Å². The first-order valence-electron chi connectivity index (χ1n) is 21.9. The van der Waals surface area contributed by atoms with Crippen LogP contribution in [0, 0.1) is 0 Å². The van der Waals surface area contributed by atoms with E-state index in [2.05, 4.69) is 9.50 Å². The van der Waals surface area contributed by atoms with E-state index in [-0.39, 0.29) is 0 Å². The van der Waals surface area contributed by atoms with Crippen LogP contribution in [0.5, 0.6) is 0 Å². The number of hydrogen-bond acceptors (Lipinski definition) is 32. The van der Waals surface area contributed by atoms with Crippen molar-refractivity contribution in [3.05, 3.63) is 11.5 Å². The van der Waals surface area contributed by atoms with Crippen LogP contribution >= 0.6 is 0 Å². The Labute approximate surface area is 415 Å². The molecular weight excluding hydrogens is 1050 g/mol. The maximum Gasteiger partial charge on any atom is 0.397 e. The highest BCUT2D eigenvalue weighted by atomic mass is 32.3. The zero-order valence-corrected chi connectivity index (χ0v) is 38.8. The van der Waals surface area contributed by atoms with Crippen molar-refractivity contribution in [3.63, 3.8) is 0 Å². The fraction of sp³-hybridized carbons (Fsp3) is 0.865. The van der Waals surface area contributed by atoms with Gasteiger partial charge in [-0.15, -0.1) is 0 Å². The lowest BCUT2D eigenvalue weighted by Gasteiger charge is -2.50. The van der Waals surface area contributed by atoms with Gasteiger partial charge in [-0.25, -0.2) is 13.8 Å². The van der Waals surface area contributed by atoms with E-state index in [0.29, 0.717) is 0 Å². The summed E-state index contributed by atoms with van der Waals surface area (Å²) in [5.74, 6) is -8.07. The minimum Gasteiger partial charge on any atom is -0.506 e. The molecule has 0 aromatic heterocycles. The molecule has 0 spiro atoms. The molecule has 74 heavy (non-hydrogen) atoms. The zero-order valence-electron chi connectivity index (χ0n) is 38.0. The van der Waals surface area contributed by atoms with Crippen molar-refractivity contribution < 1.29 is 171 Å². The molecule has 4 fully saturated rings. The number of nitrogens with one attached hydrogen (secondary N) is 1. The Morgan fingerprint density at radius 1 is 0.608 bits per heavy atom. The maximum absolute atomic E-state index is 12.8. The Kier molecular flexibility index (Phi) is 21.5. The topological polar surface area (TPSA) is 583 Å². The summed E-state index contributed by atoms with van der Waals surface area (Å²) in [7, 11) is -5.64. The molecule has 37 heteroatoms. The van der Waals surface area contributed by atoms with Crippen molar-refractivity contribution in [1.29, 1.82) is 0 Å². The number of carboxylic acid groups (broad SMARTS) is 2. The number of aliphatic hydroxyl groups is 16. The van der Waals surface area contributed by atoms with Crippen LogP contribution in [-0.2, 0) is 76.3 Å². The first-order valence-corrected chi connectivity index (χ1v) is 23.2. The molecule has 5 rings (SSSR count). The zero-order chi connectivity index (χ0) is 55.4. The summed E-state index contributed by atoms with van der Waals surface area (Å²) in [5.41, 5.74) is 0. The third-order valence-corrected chi connectivity index (χ3v) is 12.5. The highest BCUT2D eigenvalue weighted by Gasteiger charge is 2.59. The van der Waals surface area contributed by atoms with Crippen LogP contribution in [0.15, 0.2) is 11.5 Å². The first kappa shape index (κ1) is 61.5. The van der Waals surface area contributed by atoms with Gasteiger partial charge < -0.3 is 145 Å². The molecule has 0 radical (unpaired) electrons. The van der Waals surface area contributed by atoms with Crippen LogP contribution in [0.4, 0.5) is 0 Å². The van der Waals surface area contributed by atoms with E-state index in [1.807, 2.05) is 0 Å². The highest BCUT2D eigenvalue weighted by Crippen LogP contribution is 2.37. The minimum absolute atomic E-state index is 0.809. The molecule has 0 aliphatic carbocycles. The second kappa shape index (κ2) is 25.9. The normalized spacial score (nSPS) is 42.4. The minimum atomic E-state index is -5.64. The number of amides is 1. The summed E-state index contributed by atoms with van der Waals surface area (Å²) in [6, 6.07) is -2.18. The molecule has 1 amide bonds. The van der Waals surface area contributed by atoms with Crippen molar-refractivity contribution in [1.82, 2.24) is 5.32 Å². The number of aliphatic carboxylic acids is 2. The molecule has 20 N–H and O–H groups in total. The molecule has 0 saturated carbocycles. The molecule has 0 bridgehead atoms. The molecule has 4 saturated heterocycles. The van der Waals surface area contributed by atoms with E-state index < -0.39 is 232 Å². The van der Waals surface area contributed by atoms with Gasteiger partial charge >= 0.3 is 22.3 Å². The third-order valence-electron chi connectivity index (χ3n) is 12.0. The molecule has 26 atom stereocenters. The first-order chi connectivity index (χ1) is 34.6. The van der Waals surface area contributed by atoms with E-state index >= 15 is 0 Å². The maximum atomic E-state index is 12.8. The summed E-state index contributed by atoms with van der Waals surface area (Å²) in [6.07, 6.45) is -56.0. The molecule has 5 aliphatic rings. The number of rotatable bonds is 22. The number of hydrogen-bond donors (Lipinski definition) is 20. The summed E-state index contributed by atoms with van der Waals surface area (Å²) < 4.78 is 92.9. The summed E-state index contributed by atoms with van der Waals surface area (Å²) in [6.45, 7) is -4.80. The van der Waals surface area contributed by atoms with Crippen LogP contribution in [0.1, 0.15) is 6.92 Å². The van der Waals surface area contributed by atoms with Crippen LogP contribution in [0.25, 0.3) is 0 Å². The smallest absolute Gasteiger partial charge is 0.397 e. The molecular formula is C37H59NO35S. The fourth-order valence-corrected chi connectivity index (χ4v) is 8.78. The van der Waals surface area contributed by atoms with Crippen molar-refractivity contribution in [2.75, 3.05) is 33.0 Å². The molecule has 36 nitrogen and oxygen atoms in total. The highest BCUT2D eigenvalue weighted by molar-refractivity contribution is 7.80. The standard InChI is InChI=1S/C37H59NO35S/c1-7(44)38-13-25(67-34-20(52)17(49)18(50)29(71-34)31(56)57)24(73-74(60,61)62)12(6-43)66-33(13)70-28-19(51)21(53)35(72-30(28)32(58)59)68-27-16(48)11(5-42)65-37(23(27)55)69-26-15(47)10(4-41)64-36(22(26)54)63-9(3-40)14(46)8(45)2-39/h8-17,19-28,30,33-37,39-43,45-55H,2-6H2,1H3,(H,38,44)(H,56,57)(H,58,59)(H,60,61,62)/t8-,9+,10+,11+,12+,13+,14+,15-,16-,17-,19-,20+,21-,22+,23+,24-,25+,26-,27-,28+,30-,33-,34+,35-,36+,37-/m0/s1. The van der Waals surface area contributed by atoms with E-state index in [9.17, 15) is 119 Å². The lowest BCUT2D eigenvalue weighted by molar-refractivity contribution is -0.387. The Balaban J connectivity index is 1.41. The predicted octanol–water partition coefficient (Wildman–Crippen LogP) is -12.6. The van der Waals surface area contributed by atoms with Gasteiger partial charge in [0, 0.05) is 6.92 Å². The van der Waals surface area contributed by atoms with Crippen molar-refractivity contribution in [2.45, 2.75) is 166 Å². The van der Waals surface area contributed by atoms with Gasteiger partial charge in [0.25, 0.3) is 0 Å². The average Bonchev–Trinajstić information content (AvgIpc) is 3.34. The van der Waals surface area contributed by atoms with E-state index in [1.54, 1.807) is 0 Å². The predicted molar refractivity (Wildman–Crippen MR) is 218 cm³/mol. The fourth-order valence-electron chi connectivity index (χ4n) is 8.26. The van der Waals surface area contributed by atoms with E-state index in [1.165, 1.54) is 0 Å². The van der Waals surface area contributed by atoms with Gasteiger partial charge in [0.05, 0.1) is 33.0 Å². The summed E-state index contributed by atoms with van der Waals surface area (Å²) in [4.78, 5) is 37.2. The molecule has 5 aliphatic heterocycles. The van der Waals surface area contributed by atoms with Gasteiger partial charge in [0.1, 0.15) is 122 Å². The van der Waals surface area contributed by atoms with Crippen molar-refractivity contribution >= 4 is 28.2 Å². The van der Waals surface area contributed by atoms with E-state index in [0.717, 1.165) is 6.92 Å². The number of carboxylic acids is 2. The van der Waals surface area contributed by atoms with Crippen molar-refractivity contribution in [3.8, 4) is 0 Å². The molecule has 428 valence electrons. The lowest BCUT2D eigenvalue weighted by atomic mass is 9.94. The van der Waals surface area contributed by atoms with Crippen LogP contribution < -0.4 is 5.32 Å². The molecule has 0 unspecified atom stereocenters. The molecule has 0 aromatic rings. The summed E-state index contributed by atoms with van der Waals surface area (Å²) in [5, 5.41) is 190. The van der Waals surface area contributed by atoms with Gasteiger partial charge in [-0.05, 0) is 0 Å². The van der Waals surface area contributed by atoms with Gasteiger partial charge in [0.2, 0.25) is 18.0 Å². The monoisotopic (exact) mass is 1110 g/mol. The number of aliphatic hydroxyl groups excluding tert-OH is 16. The largest absolute Gasteiger partial charge is 0.506 e. The number of carbonyl (C=O) groups excluding carboxylic acids is 1. The molecule has 5 heterocycles. The van der Waals surface area contributed by atoms with Crippen LogP contribution in [0.2, 0.25) is 0 Å². The second-order valence-electron chi connectivity index (χ2n) is 17.0. The SMILES string of the molecule is CC(=O)N[C@H]1[C@H](O[C@@H]2[C@@H](O)[C@H](O)[C@@H](O[C@H]3[C@@H](O)[C@@H](CO)O[C@@H](O[C@H]4[C@@H](O)[C@@H](CO)O[C@@H](O[C@H](CO)[C@H](O)[C@@H](O)CO)[C@@H]4O)[C@@H]3O)O[C@@H]2C(=O)O)O[C@H](CO)[C@H](OS(=O)(=O)O)[C@@H]1O[C@@H]1OC(C(=O)O)=C(O)[C@H](O)[C@H]1O. The number of carbonyl (C=O) groups is 3. The number of ether oxygens (including phenoxy) is 10. The van der Waals surface area contributed by atoms with Gasteiger partial charge in [-0.1, -0.05) is 0 Å². The molecule has 0 aromatic carbocycles. The second-order valence-corrected chi connectivity index (χ2v) is 18.1. The van der Waals surface area contributed by atoms with Gasteiger partial charge in [-0.3, -0.25) is 9.35 Å². The Hall–Kier alpha value is -3.34. The average molecular weight is 1110 g/mol. The van der Waals surface area contributed by atoms with Crippen LogP contribution in [-0.4, -0.2) is 315 Å². The Morgan fingerprint density at radius 2 is 1.11 bits per heavy atom. The summed E-state index contributed by atoms with van der Waals surface area (Å²) >= 11 is 0. The Morgan fingerprint density at radius 3 is 1.59 bits per heavy atom.